The first-order valence-corrected chi connectivity index (χ1v) is 15.9. The van der Waals surface area contributed by atoms with Crippen LogP contribution in [0.4, 0.5) is 5.69 Å². The first kappa shape index (κ1) is 31.4. The summed E-state index contributed by atoms with van der Waals surface area (Å²) in [6, 6.07) is 17.9. The molecule has 0 aliphatic heterocycles. The van der Waals surface area contributed by atoms with Crippen molar-refractivity contribution >= 4 is 39.1 Å². The van der Waals surface area contributed by atoms with Crippen molar-refractivity contribution in [2.24, 2.45) is 0 Å². The summed E-state index contributed by atoms with van der Waals surface area (Å²) in [5, 5.41) is 3.28. The summed E-state index contributed by atoms with van der Waals surface area (Å²) in [4.78, 5) is 28.9. The number of anilines is 1. The fourth-order valence-corrected chi connectivity index (χ4v) is 6.70. The van der Waals surface area contributed by atoms with E-state index in [-0.39, 0.29) is 34.1 Å². The van der Waals surface area contributed by atoms with Crippen LogP contribution in [0, 0.1) is 13.8 Å². The molecule has 0 bridgehead atoms. The van der Waals surface area contributed by atoms with Gasteiger partial charge >= 0.3 is 0 Å². The molecule has 8 nitrogen and oxygen atoms in total. The second-order valence-corrected chi connectivity index (χ2v) is 13.1. The van der Waals surface area contributed by atoms with Crippen molar-refractivity contribution in [1.82, 2.24) is 10.2 Å². The monoisotopic (exact) mass is 611 g/mol. The van der Waals surface area contributed by atoms with Gasteiger partial charge in [-0.3, -0.25) is 13.9 Å². The van der Waals surface area contributed by atoms with Crippen LogP contribution in [0.5, 0.6) is 5.75 Å². The van der Waals surface area contributed by atoms with Gasteiger partial charge in [0, 0.05) is 12.6 Å². The molecule has 1 N–H and O–H groups in total. The van der Waals surface area contributed by atoms with E-state index in [1.165, 1.54) is 30.2 Å². The van der Waals surface area contributed by atoms with E-state index >= 15 is 0 Å². The number of methoxy groups -OCH3 is 1. The highest BCUT2D eigenvalue weighted by molar-refractivity contribution is 7.92. The number of carbonyl (C=O) groups is 2. The number of aryl methyl sites for hydroxylation is 2. The Morgan fingerprint density at radius 1 is 0.976 bits per heavy atom. The standard InChI is InChI=1S/C32H38ClN3O5S/c1-22-9-13-25(14-10-22)20-35(24(3)32(38)34-26-7-5-6-8-26)31(37)21-36(27-15-18-30(41-4)29(33)19-27)42(39,40)28-16-11-23(2)12-17-28/h9-19,24,26H,5-8,20-21H2,1-4H3,(H,34,38)/t24-/m1/s1. The lowest BCUT2D eigenvalue weighted by Crippen LogP contribution is -2.52. The second-order valence-electron chi connectivity index (χ2n) is 10.8. The van der Waals surface area contributed by atoms with Crippen molar-refractivity contribution in [3.05, 3.63) is 88.4 Å². The van der Waals surface area contributed by atoms with Crippen LogP contribution in [0.3, 0.4) is 0 Å². The topological polar surface area (TPSA) is 96.0 Å². The first-order chi connectivity index (χ1) is 20.0. The minimum atomic E-state index is -4.19. The van der Waals surface area contributed by atoms with Crippen LogP contribution in [-0.2, 0) is 26.2 Å². The largest absolute Gasteiger partial charge is 0.495 e. The Hall–Kier alpha value is -3.56. The number of ether oxygens (including phenoxy) is 1. The molecule has 42 heavy (non-hydrogen) atoms. The van der Waals surface area contributed by atoms with Crippen molar-refractivity contribution in [2.45, 2.75) is 70.0 Å². The molecule has 0 radical (unpaired) electrons. The van der Waals surface area contributed by atoms with Crippen molar-refractivity contribution in [3.63, 3.8) is 0 Å². The lowest BCUT2D eigenvalue weighted by atomic mass is 10.1. The summed E-state index contributed by atoms with van der Waals surface area (Å²) >= 11 is 6.39. The van der Waals surface area contributed by atoms with E-state index in [4.69, 9.17) is 16.3 Å². The summed E-state index contributed by atoms with van der Waals surface area (Å²) in [5.41, 5.74) is 2.99. The number of nitrogens with one attached hydrogen (secondary N) is 1. The van der Waals surface area contributed by atoms with E-state index in [2.05, 4.69) is 5.32 Å². The molecule has 1 fully saturated rings. The van der Waals surface area contributed by atoms with Gasteiger partial charge < -0.3 is 15.0 Å². The van der Waals surface area contributed by atoms with Gasteiger partial charge in [-0.2, -0.15) is 0 Å². The average molecular weight is 612 g/mol. The Bertz CT molecular complexity index is 1500. The molecule has 0 saturated heterocycles. The molecule has 0 heterocycles. The average Bonchev–Trinajstić information content (AvgIpc) is 3.48. The normalized spacial score (nSPS) is 14.3. The van der Waals surface area contributed by atoms with E-state index in [0.29, 0.717) is 5.75 Å². The molecule has 3 aromatic carbocycles. The highest BCUT2D eigenvalue weighted by Crippen LogP contribution is 2.32. The number of rotatable bonds is 11. The molecule has 1 atom stereocenters. The number of sulfonamides is 1. The molecular formula is C32H38ClN3O5S. The highest BCUT2D eigenvalue weighted by atomic mass is 35.5. The van der Waals surface area contributed by atoms with Crippen LogP contribution >= 0.6 is 11.6 Å². The zero-order valence-electron chi connectivity index (χ0n) is 24.5. The van der Waals surface area contributed by atoms with Crippen molar-refractivity contribution in [3.8, 4) is 5.75 Å². The van der Waals surface area contributed by atoms with E-state index in [0.717, 1.165) is 46.7 Å². The number of carbonyl (C=O) groups excluding carboxylic acids is 2. The molecule has 0 aromatic heterocycles. The third kappa shape index (κ3) is 7.44. The van der Waals surface area contributed by atoms with Crippen LogP contribution in [0.2, 0.25) is 5.02 Å². The van der Waals surface area contributed by atoms with Gasteiger partial charge in [0.05, 0.1) is 22.7 Å². The summed E-state index contributed by atoms with van der Waals surface area (Å²) in [6.07, 6.45) is 3.93. The smallest absolute Gasteiger partial charge is 0.264 e. The number of halogens is 1. The number of benzene rings is 3. The van der Waals surface area contributed by atoms with Crippen molar-refractivity contribution < 1.29 is 22.7 Å². The molecular weight excluding hydrogens is 574 g/mol. The molecule has 4 rings (SSSR count). The maximum absolute atomic E-state index is 14.1. The summed E-state index contributed by atoms with van der Waals surface area (Å²) in [6.45, 7) is 5.12. The van der Waals surface area contributed by atoms with Gasteiger partial charge in [0.2, 0.25) is 11.8 Å². The maximum Gasteiger partial charge on any atom is 0.264 e. The SMILES string of the molecule is COc1ccc(N(CC(=O)N(Cc2ccc(C)cc2)[C@H](C)C(=O)NC2CCCC2)S(=O)(=O)c2ccc(C)cc2)cc1Cl. The van der Waals surface area contributed by atoms with Gasteiger partial charge in [-0.25, -0.2) is 8.42 Å². The molecule has 2 amide bonds. The molecule has 1 saturated carbocycles. The molecule has 1 aliphatic rings. The quantitative estimate of drug-likeness (QED) is 0.303. The Balaban J connectivity index is 1.71. The lowest BCUT2D eigenvalue weighted by Gasteiger charge is -2.32. The van der Waals surface area contributed by atoms with E-state index < -0.39 is 28.5 Å². The fraction of sp³-hybridized carbons (Fsp3) is 0.375. The Labute approximate surface area is 253 Å². The van der Waals surface area contributed by atoms with Crippen LogP contribution in [0.1, 0.15) is 49.3 Å². The molecule has 0 unspecified atom stereocenters. The van der Waals surface area contributed by atoms with Gasteiger partial charge in [0.25, 0.3) is 10.0 Å². The fourth-order valence-electron chi connectivity index (χ4n) is 5.04. The van der Waals surface area contributed by atoms with E-state index in [1.807, 2.05) is 38.1 Å². The molecule has 0 spiro atoms. The van der Waals surface area contributed by atoms with Gasteiger partial charge in [0.15, 0.2) is 0 Å². The van der Waals surface area contributed by atoms with Crippen LogP contribution < -0.4 is 14.4 Å². The van der Waals surface area contributed by atoms with E-state index in [9.17, 15) is 18.0 Å². The maximum atomic E-state index is 14.1. The molecule has 3 aromatic rings. The Morgan fingerprint density at radius 2 is 1.57 bits per heavy atom. The summed E-state index contributed by atoms with van der Waals surface area (Å²) in [5.74, 6) is -0.410. The van der Waals surface area contributed by atoms with Crippen molar-refractivity contribution in [2.75, 3.05) is 18.0 Å². The minimum Gasteiger partial charge on any atom is -0.495 e. The van der Waals surface area contributed by atoms with Crippen LogP contribution in [-0.4, -0.2) is 50.9 Å². The van der Waals surface area contributed by atoms with Crippen molar-refractivity contribution in [1.29, 1.82) is 0 Å². The Kier molecular flexibility index (Phi) is 10.2. The van der Waals surface area contributed by atoms with Gasteiger partial charge in [0.1, 0.15) is 18.3 Å². The number of hydrogen-bond acceptors (Lipinski definition) is 5. The predicted molar refractivity (Wildman–Crippen MR) is 165 cm³/mol. The minimum absolute atomic E-state index is 0.0324. The Morgan fingerprint density at radius 3 is 2.14 bits per heavy atom. The second kappa shape index (κ2) is 13.6. The number of amides is 2. The third-order valence-corrected chi connectivity index (χ3v) is 9.74. The van der Waals surface area contributed by atoms with Crippen LogP contribution in [0.15, 0.2) is 71.6 Å². The summed E-state index contributed by atoms with van der Waals surface area (Å²) < 4.78 is 34.3. The lowest BCUT2D eigenvalue weighted by molar-refractivity contribution is -0.139. The zero-order chi connectivity index (χ0) is 30.4. The first-order valence-electron chi connectivity index (χ1n) is 14.1. The van der Waals surface area contributed by atoms with Gasteiger partial charge in [-0.15, -0.1) is 0 Å². The van der Waals surface area contributed by atoms with E-state index in [1.54, 1.807) is 31.2 Å². The highest BCUT2D eigenvalue weighted by Gasteiger charge is 2.33. The molecule has 224 valence electrons. The van der Waals surface area contributed by atoms with Gasteiger partial charge in [-0.05, 0) is 69.5 Å². The zero-order valence-corrected chi connectivity index (χ0v) is 26.0. The molecule has 1 aliphatic carbocycles. The number of hydrogen-bond donors (Lipinski definition) is 1. The van der Waals surface area contributed by atoms with Gasteiger partial charge in [-0.1, -0.05) is 72.0 Å². The molecule has 10 heteroatoms. The third-order valence-electron chi connectivity index (χ3n) is 7.65. The summed E-state index contributed by atoms with van der Waals surface area (Å²) in [7, 11) is -2.73. The van der Waals surface area contributed by atoms with Crippen LogP contribution in [0.25, 0.3) is 0 Å². The number of nitrogens with zero attached hydrogens (tertiary/aromatic N) is 2. The predicted octanol–water partition coefficient (Wildman–Crippen LogP) is 5.64.